The van der Waals surface area contributed by atoms with Gasteiger partial charge >= 0.3 is 0 Å². The third-order valence-electron chi connectivity index (χ3n) is 4.97. The van der Waals surface area contributed by atoms with Gasteiger partial charge in [0.2, 0.25) is 5.91 Å². The normalized spacial score (nSPS) is 10.8. The fourth-order valence-electron chi connectivity index (χ4n) is 3.07. The third kappa shape index (κ3) is 5.91. The van der Waals surface area contributed by atoms with Gasteiger partial charge < -0.3 is 10.6 Å². The molecule has 2 amide bonds. The smallest absolute Gasteiger partial charge is 0.251 e. The summed E-state index contributed by atoms with van der Waals surface area (Å²) >= 11 is 6.07. The lowest BCUT2D eigenvalue weighted by molar-refractivity contribution is -0.113. The van der Waals surface area contributed by atoms with E-state index in [-0.39, 0.29) is 24.1 Å². The molecule has 0 bridgehead atoms. The molecule has 0 unspecified atom stereocenters. The summed E-state index contributed by atoms with van der Waals surface area (Å²) in [7, 11) is 0. The predicted molar refractivity (Wildman–Crippen MR) is 138 cm³/mol. The van der Waals surface area contributed by atoms with E-state index in [0.29, 0.717) is 21.7 Å². The molecule has 8 nitrogen and oxygen atoms in total. The molecule has 11 heteroatoms. The summed E-state index contributed by atoms with van der Waals surface area (Å²) in [5.74, 6) is 0.325. The van der Waals surface area contributed by atoms with Crippen molar-refractivity contribution in [3.8, 4) is 5.69 Å². The molecule has 0 aliphatic rings. The van der Waals surface area contributed by atoms with Crippen molar-refractivity contribution in [3.63, 3.8) is 0 Å². The Balaban J connectivity index is 1.51. The summed E-state index contributed by atoms with van der Waals surface area (Å²) in [5, 5.41) is 17.1. The van der Waals surface area contributed by atoms with E-state index in [4.69, 9.17) is 0 Å². The second kappa shape index (κ2) is 10.9. The fraction of sp³-hybridized carbons (Fsp3) is 0.174. The summed E-state index contributed by atoms with van der Waals surface area (Å²) in [6.07, 6.45) is 1.63. The monoisotopic (exact) mass is 556 g/mol. The lowest BCUT2D eigenvalue weighted by Crippen LogP contribution is -2.24. The highest BCUT2D eigenvalue weighted by Gasteiger charge is 2.17. The fourth-order valence-corrected chi connectivity index (χ4v) is 4.65. The van der Waals surface area contributed by atoms with Gasteiger partial charge in [0, 0.05) is 27.3 Å². The minimum atomic E-state index is -0.189. The van der Waals surface area contributed by atoms with E-state index in [9.17, 15) is 9.59 Å². The Morgan fingerprint density at radius 1 is 1.09 bits per heavy atom. The van der Waals surface area contributed by atoms with E-state index in [1.165, 1.54) is 23.1 Å². The molecule has 2 aromatic heterocycles. The van der Waals surface area contributed by atoms with Crippen LogP contribution in [0.15, 0.2) is 63.7 Å². The Morgan fingerprint density at radius 2 is 1.88 bits per heavy atom. The quantitative estimate of drug-likeness (QED) is 0.303. The molecule has 0 saturated carbocycles. The number of aromatic nitrogens is 4. The number of carbonyl (C=O) groups is 2. The molecule has 2 aromatic carbocycles. The molecular formula is C23H21BrN6O2S2. The van der Waals surface area contributed by atoms with Crippen molar-refractivity contribution >= 4 is 56.0 Å². The van der Waals surface area contributed by atoms with E-state index in [0.717, 1.165) is 21.3 Å². The number of halogens is 1. The van der Waals surface area contributed by atoms with Gasteiger partial charge in [-0.25, -0.2) is 4.98 Å². The molecule has 0 aliphatic carbocycles. The molecule has 2 heterocycles. The molecule has 0 fully saturated rings. The molecule has 0 aliphatic heterocycles. The number of nitrogens with one attached hydrogen (secondary N) is 2. The first kappa shape index (κ1) is 24.1. The second-order valence-electron chi connectivity index (χ2n) is 7.37. The summed E-state index contributed by atoms with van der Waals surface area (Å²) in [6.45, 7) is 4.17. The molecule has 2 N–H and O–H groups in total. The zero-order valence-corrected chi connectivity index (χ0v) is 21.6. The number of amides is 2. The first-order valence-electron chi connectivity index (χ1n) is 10.3. The van der Waals surface area contributed by atoms with Crippen LogP contribution in [0.5, 0.6) is 0 Å². The maximum absolute atomic E-state index is 12.7. The minimum Gasteiger partial charge on any atom is -0.345 e. The number of nitrogens with zero attached hydrogens (tertiary/aromatic N) is 4. The molecule has 174 valence electrons. The van der Waals surface area contributed by atoms with Crippen molar-refractivity contribution in [2.24, 2.45) is 0 Å². The highest BCUT2D eigenvalue weighted by Crippen LogP contribution is 2.24. The highest BCUT2D eigenvalue weighted by atomic mass is 79.9. The van der Waals surface area contributed by atoms with Gasteiger partial charge in [-0.2, -0.15) is 0 Å². The van der Waals surface area contributed by atoms with Gasteiger partial charge in [-0.15, -0.1) is 21.5 Å². The maximum Gasteiger partial charge on any atom is 0.251 e. The molecule has 4 aromatic rings. The zero-order chi connectivity index (χ0) is 24.1. The number of thiazole rings is 1. The number of aryl methyl sites for hydroxylation is 2. The summed E-state index contributed by atoms with van der Waals surface area (Å²) in [4.78, 5) is 29.1. The predicted octanol–water partition coefficient (Wildman–Crippen LogP) is 4.76. The van der Waals surface area contributed by atoms with Crippen LogP contribution in [0.2, 0.25) is 0 Å². The maximum atomic E-state index is 12.7. The Hall–Kier alpha value is -3.02. The number of hydrogen-bond acceptors (Lipinski definition) is 7. The van der Waals surface area contributed by atoms with Crippen LogP contribution in [0.3, 0.4) is 0 Å². The van der Waals surface area contributed by atoms with Gasteiger partial charge in [-0.3, -0.25) is 14.2 Å². The van der Waals surface area contributed by atoms with Crippen LogP contribution in [0, 0.1) is 13.8 Å². The van der Waals surface area contributed by atoms with Crippen LogP contribution in [0.25, 0.3) is 5.69 Å². The molecule has 0 spiro atoms. The van der Waals surface area contributed by atoms with Crippen LogP contribution in [-0.4, -0.2) is 37.3 Å². The number of thioether (sulfide) groups is 1. The number of anilines is 1. The second-order valence-corrected chi connectivity index (χ2v) is 10.1. The molecule has 34 heavy (non-hydrogen) atoms. The molecule has 0 atom stereocenters. The van der Waals surface area contributed by atoms with E-state index in [2.05, 4.69) is 41.7 Å². The number of hydrogen-bond donors (Lipinski definition) is 2. The lowest BCUT2D eigenvalue weighted by Gasteiger charge is -2.11. The van der Waals surface area contributed by atoms with E-state index < -0.39 is 0 Å². The van der Waals surface area contributed by atoms with Gasteiger partial charge in [-0.1, -0.05) is 33.8 Å². The number of benzene rings is 2. The van der Waals surface area contributed by atoms with Crippen LogP contribution >= 0.6 is 39.0 Å². The van der Waals surface area contributed by atoms with Crippen molar-refractivity contribution in [2.75, 3.05) is 11.1 Å². The van der Waals surface area contributed by atoms with Gasteiger partial charge in [0.15, 0.2) is 16.1 Å². The van der Waals surface area contributed by atoms with Gasteiger partial charge in [0.25, 0.3) is 5.91 Å². The van der Waals surface area contributed by atoms with Crippen molar-refractivity contribution in [3.05, 3.63) is 81.0 Å². The van der Waals surface area contributed by atoms with E-state index in [1.807, 2.05) is 54.8 Å². The average molecular weight is 557 g/mol. The largest absolute Gasteiger partial charge is 0.345 e. The van der Waals surface area contributed by atoms with Crippen molar-refractivity contribution in [1.29, 1.82) is 0 Å². The molecule has 4 rings (SSSR count). The molecule has 0 saturated heterocycles. The van der Waals surface area contributed by atoms with Crippen LogP contribution in [-0.2, 0) is 11.3 Å². The van der Waals surface area contributed by atoms with Crippen molar-refractivity contribution < 1.29 is 9.59 Å². The molecular weight excluding hydrogens is 536 g/mol. The Kier molecular flexibility index (Phi) is 7.76. The minimum absolute atomic E-state index is 0.142. The SMILES string of the molecule is Cc1ccc(C(=O)NCc2nnc(SCC(=O)Nc3nccs3)n2-c2ccc(Br)cc2)cc1C. The zero-order valence-electron chi connectivity index (χ0n) is 18.4. The third-order valence-corrected chi connectivity index (χ3v) is 7.12. The average Bonchev–Trinajstić information content (AvgIpc) is 3.48. The van der Waals surface area contributed by atoms with E-state index in [1.54, 1.807) is 17.6 Å². The standard InChI is InChI=1S/C23H21BrN6O2S2/c1-14-3-4-16(11-15(14)2)21(32)26-12-19-28-29-23(30(19)18-7-5-17(24)6-8-18)34-13-20(31)27-22-25-9-10-33-22/h3-11H,12-13H2,1-2H3,(H,26,32)(H,25,27,31). The van der Waals surface area contributed by atoms with Gasteiger partial charge in [0.05, 0.1) is 12.3 Å². The highest BCUT2D eigenvalue weighted by molar-refractivity contribution is 9.10. The number of carbonyl (C=O) groups excluding carboxylic acids is 2. The van der Waals surface area contributed by atoms with Crippen LogP contribution < -0.4 is 10.6 Å². The van der Waals surface area contributed by atoms with Crippen molar-refractivity contribution in [1.82, 2.24) is 25.1 Å². The Bertz CT molecular complexity index is 1310. The Labute approximate surface area is 213 Å². The summed E-state index contributed by atoms with van der Waals surface area (Å²) in [5.41, 5.74) is 3.60. The Morgan fingerprint density at radius 3 is 2.59 bits per heavy atom. The number of rotatable bonds is 8. The van der Waals surface area contributed by atoms with Crippen molar-refractivity contribution in [2.45, 2.75) is 25.5 Å². The summed E-state index contributed by atoms with van der Waals surface area (Å²) in [6, 6.07) is 13.3. The van der Waals surface area contributed by atoms with Crippen LogP contribution in [0.4, 0.5) is 5.13 Å². The first-order chi connectivity index (χ1) is 16.4. The first-order valence-corrected chi connectivity index (χ1v) is 12.9. The lowest BCUT2D eigenvalue weighted by atomic mass is 10.1. The molecule has 0 radical (unpaired) electrons. The summed E-state index contributed by atoms with van der Waals surface area (Å²) < 4.78 is 2.78. The van der Waals surface area contributed by atoms with Gasteiger partial charge in [0.1, 0.15) is 0 Å². The topological polar surface area (TPSA) is 102 Å². The van der Waals surface area contributed by atoms with Gasteiger partial charge in [-0.05, 0) is 61.4 Å². The van der Waals surface area contributed by atoms with E-state index >= 15 is 0 Å². The van der Waals surface area contributed by atoms with Crippen LogP contribution in [0.1, 0.15) is 27.3 Å².